The van der Waals surface area contributed by atoms with Crippen LogP contribution in [0.15, 0.2) is 30.5 Å². The first-order valence-corrected chi connectivity index (χ1v) is 8.29. The van der Waals surface area contributed by atoms with E-state index < -0.39 is 5.97 Å². The molecule has 0 aliphatic carbocycles. The van der Waals surface area contributed by atoms with Crippen LogP contribution < -0.4 is 4.74 Å². The molecule has 25 heavy (non-hydrogen) atoms. The Balaban J connectivity index is 1.69. The fourth-order valence-corrected chi connectivity index (χ4v) is 3.09. The lowest BCUT2D eigenvalue weighted by Crippen LogP contribution is -2.38. The number of carboxylic acids is 1. The zero-order valence-corrected chi connectivity index (χ0v) is 14.5. The predicted octanol–water partition coefficient (Wildman–Crippen LogP) is 1.77. The molecule has 0 bridgehead atoms. The molecule has 1 atom stereocenters. The van der Waals surface area contributed by atoms with Crippen molar-refractivity contribution in [2.45, 2.75) is 19.6 Å². The van der Waals surface area contributed by atoms with Gasteiger partial charge in [-0.15, -0.1) is 0 Å². The van der Waals surface area contributed by atoms with Crippen molar-refractivity contribution in [1.82, 2.24) is 14.5 Å². The summed E-state index contributed by atoms with van der Waals surface area (Å²) in [5.41, 5.74) is 1.95. The number of nitrogens with zero attached hydrogens (tertiary/aromatic N) is 3. The van der Waals surface area contributed by atoms with Gasteiger partial charge in [0.1, 0.15) is 17.7 Å². The van der Waals surface area contributed by atoms with Crippen molar-refractivity contribution in [3.05, 3.63) is 47.5 Å². The number of ether oxygens (including phenoxy) is 2. The van der Waals surface area contributed by atoms with E-state index in [1.165, 1.54) is 0 Å². The Morgan fingerprint density at radius 2 is 2.24 bits per heavy atom. The molecule has 1 saturated heterocycles. The van der Waals surface area contributed by atoms with Crippen LogP contribution in [-0.4, -0.2) is 51.8 Å². The molecule has 134 valence electrons. The summed E-state index contributed by atoms with van der Waals surface area (Å²) in [6, 6.07) is 7.55. The third-order valence-corrected chi connectivity index (χ3v) is 4.19. The molecule has 7 heteroatoms. The van der Waals surface area contributed by atoms with E-state index in [9.17, 15) is 4.79 Å². The van der Waals surface area contributed by atoms with E-state index in [1.54, 1.807) is 6.07 Å². The van der Waals surface area contributed by atoms with Gasteiger partial charge in [-0.1, -0.05) is 18.2 Å². The Morgan fingerprint density at radius 1 is 1.44 bits per heavy atom. The summed E-state index contributed by atoms with van der Waals surface area (Å²) < 4.78 is 13.3. The van der Waals surface area contributed by atoms with E-state index in [1.807, 2.05) is 42.9 Å². The SMILES string of the molecule is Cc1cn(C)c(C2CN(Cc3ccccc3OCC(=O)O)CCO2)n1. The Labute approximate surface area is 146 Å². The molecular weight excluding hydrogens is 322 g/mol. The molecule has 1 N–H and O–H groups in total. The smallest absolute Gasteiger partial charge is 0.341 e. The topological polar surface area (TPSA) is 76.8 Å². The highest BCUT2D eigenvalue weighted by Gasteiger charge is 2.26. The molecule has 1 aliphatic rings. The maximum absolute atomic E-state index is 10.7. The van der Waals surface area contributed by atoms with Gasteiger partial charge >= 0.3 is 5.97 Å². The van der Waals surface area contributed by atoms with E-state index in [4.69, 9.17) is 14.6 Å². The van der Waals surface area contributed by atoms with Crippen LogP contribution in [0.2, 0.25) is 0 Å². The van der Waals surface area contributed by atoms with Crippen LogP contribution in [0, 0.1) is 6.92 Å². The molecule has 7 nitrogen and oxygen atoms in total. The molecule has 0 spiro atoms. The summed E-state index contributed by atoms with van der Waals surface area (Å²) in [5.74, 6) is 0.560. The van der Waals surface area contributed by atoms with E-state index in [2.05, 4.69) is 9.88 Å². The Kier molecular flexibility index (Phi) is 5.35. The van der Waals surface area contributed by atoms with Crippen molar-refractivity contribution in [3.63, 3.8) is 0 Å². The lowest BCUT2D eigenvalue weighted by Gasteiger charge is -2.32. The van der Waals surface area contributed by atoms with Gasteiger partial charge in [0, 0.05) is 38.4 Å². The second-order valence-electron chi connectivity index (χ2n) is 6.24. The number of aliphatic carboxylic acids is 1. The number of carboxylic acid groups (broad SMARTS) is 1. The van der Waals surface area contributed by atoms with Crippen molar-refractivity contribution < 1.29 is 19.4 Å². The van der Waals surface area contributed by atoms with Gasteiger partial charge < -0.3 is 19.1 Å². The monoisotopic (exact) mass is 345 g/mol. The quantitative estimate of drug-likeness (QED) is 0.860. The van der Waals surface area contributed by atoms with Crippen molar-refractivity contribution in [1.29, 1.82) is 0 Å². The third-order valence-electron chi connectivity index (χ3n) is 4.19. The van der Waals surface area contributed by atoms with Crippen LogP contribution in [0.5, 0.6) is 5.75 Å². The second-order valence-corrected chi connectivity index (χ2v) is 6.24. The molecule has 1 aliphatic heterocycles. The Bertz CT molecular complexity index is 744. The summed E-state index contributed by atoms with van der Waals surface area (Å²) in [6.45, 7) is 4.49. The number of para-hydroxylation sites is 1. The highest BCUT2D eigenvalue weighted by atomic mass is 16.5. The largest absolute Gasteiger partial charge is 0.482 e. The number of morpholine rings is 1. The van der Waals surface area contributed by atoms with Gasteiger partial charge in [-0.3, -0.25) is 4.90 Å². The van der Waals surface area contributed by atoms with E-state index >= 15 is 0 Å². The molecule has 3 rings (SSSR count). The first kappa shape index (κ1) is 17.4. The van der Waals surface area contributed by atoms with Gasteiger partial charge in [-0.25, -0.2) is 9.78 Å². The molecular formula is C18H23N3O4. The predicted molar refractivity (Wildman–Crippen MR) is 91.5 cm³/mol. The third kappa shape index (κ3) is 4.37. The Morgan fingerprint density at radius 3 is 2.96 bits per heavy atom. The lowest BCUT2D eigenvalue weighted by molar-refractivity contribution is -0.139. The molecule has 1 fully saturated rings. The zero-order chi connectivity index (χ0) is 17.8. The average molecular weight is 345 g/mol. The number of rotatable bonds is 6. The van der Waals surface area contributed by atoms with Crippen molar-refractivity contribution in [3.8, 4) is 5.75 Å². The lowest BCUT2D eigenvalue weighted by atomic mass is 10.1. The normalized spacial score (nSPS) is 18.2. The van der Waals surface area contributed by atoms with Crippen molar-refractivity contribution in [2.75, 3.05) is 26.3 Å². The Hall–Kier alpha value is -2.38. The van der Waals surface area contributed by atoms with Gasteiger partial charge in [0.05, 0.1) is 12.3 Å². The van der Waals surface area contributed by atoms with Crippen molar-refractivity contribution >= 4 is 5.97 Å². The molecule has 2 aromatic rings. The minimum atomic E-state index is -0.980. The summed E-state index contributed by atoms with van der Waals surface area (Å²) >= 11 is 0. The molecule has 1 aromatic heterocycles. The van der Waals surface area contributed by atoms with Crippen LogP contribution in [0.4, 0.5) is 0 Å². The van der Waals surface area contributed by atoms with Crippen LogP contribution in [-0.2, 0) is 23.1 Å². The van der Waals surface area contributed by atoms with Gasteiger partial charge in [-0.2, -0.15) is 0 Å². The van der Waals surface area contributed by atoms with Gasteiger partial charge in [-0.05, 0) is 13.0 Å². The number of hydrogen-bond acceptors (Lipinski definition) is 5. The first-order valence-electron chi connectivity index (χ1n) is 8.29. The van der Waals surface area contributed by atoms with E-state index in [0.717, 1.165) is 30.2 Å². The number of aryl methyl sites for hydroxylation is 2. The van der Waals surface area contributed by atoms with Gasteiger partial charge in [0.25, 0.3) is 0 Å². The summed E-state index contributed by atoms with van der Waals surface area (Å²) in [5, 5.41) is 8.81. The minimum Gasteiger partial charge on any atom is -0.482 e. The number of hydrogen-bond donors (Lipinski definition) is 1. The molecule has 2 heterocycles. The summed E-state index contributed by atoms with van der Waals surface area (Å²) in [6.07, 6.45) is 1.92. The maximum Gasteiger partial charge on any atom is 0.341 e. The number of carbonyl (C=O) groups is 1. The zero-order valence-electron chi connectivity index (χ0n) is 14.5. The van der Waals surface area contributed by atoms with E-state index in [-0.39, 0.29) is 12.7 Å². The molecule has 0 saturated carbocycles. The fourth-order valence-electron chi connectivity index (χ4n) is 3.09. The molecule has 0 amide bonds. The maximum atomic E-state index is 10.7. The van der Waals surface area contributed by atoms with Crippen LogP contribution in [0.3, 0.4) is 0 Å². The van der Waals surface area contributed by atoms with Gasteiger partial charge in [0.15, 0.2) is 6.61 Å². The highest BCUT2D eigenvalue weighted by Crippen LogP contribution is 2.25. The van der Waals surface area contributed by atoms with Crippen LogP contribution in [0.1, 0.15) is 23.2 Å². The molecule has 1 aromatic carbocycles. The number of benzene rings is 1. The highest BCUT2D eigenvalue weighted by molar-refractivity contribution is 5.68. The second kappa shape index (κ2) is 7.67. The number of imidazole rings is 1. The molecule has 1 unspecified atom stereocenters. The van der Waals surface area contributed by atoms with E-state index in [0.29, 0.717) is 18.9 Å². The van der Waals surface area contributed by atoms with Gasteiger partial charge in [0.2, 0.25) is 0 Å². The molecule has 0 radical (unpaired) electrons. The van der Waals surface area contributed by atoms with Crippen LogP contribution in [0.25, 0.3) is 0 Å². The average Bonchev–Trinajstić information content (AvgIpc) is 2.93. The summed E-state index contributed by atoms with van der Waals surface area (Å²) in [7, 11) is 1.98. The van der Waals surface area contributed by atoms with Crippen LogP contribution >= 0.6 is 0 Å². The number of aromatic nitrogens is 2. The first-order chi connectivity index (χ1) is 12.0. The minimum absolute atomic E-state index is 0.0699. The fraction of sp³-hybridized carbons (Fsp3) is 0.444. The van der Waals surface area contributed by atoms with Crippen molar-refractivity contribution in [2.24, 2.45) is 7.05 Å². The summed E-state index contributed by atoms with van der Waals surface area (Å²) in [4.78, 5) is 17.6. The standard InChI is InChI=1S/C18H23N3O4/c1-13-9-20(2)18(19-13)16-11-21(7-8-24-16)10-14-5-3-4-6-15(14)25-12-17(22)23/h3-6,9,16H,7-8,10-12H2,1-2H3,(H,22,23).